The molecule has 0 aliphatic heterocycles. The summed E-state index contributed by atoms with van der Waals surface area (Å²) in [5.41, 5.74) is -0.936. The third kappa shape index (κ3) is 2.74. The lowest BCUT2D eigenvalue weighted by Crippen LogP contribution is -2.54. The van der Waals surface area contributed by atoms with E-state index in [1.54, 1.807) is 38.1 Å². The third-order valence-electron chi connectivity index (χ3n) is 4.65. The first-order valence-electron chi connectivity index (χ1n) is 8.57. The van der Waals surface area contributed by atoms with Gasteiger partial charge in [0.05, 0.1) is 13.2 Å². The lowest BCUT2D eigenvalue weighted by atomic mass is 9.62. The number of benzene rings is 1. The Morgan fingerprint density at radius 2 is 1.73 bits per heavy atom. The van der Waals surface area contributed by atoms with Crippen molar-refractivity contribution in [2.24, 2.45) is 0 Å². The fourth-order valence-corrected chi connectivity index (χ4v) is 4.48. The molecule has 1 aliphatic carbocycles. The van der Waals surface area contributed by atoms with Gasteiger partial charge in [0.15, 0.2) is 11.2 Å². The molecule has 3 rings (SSSR count). The van der Waals surface area contributed by atoms with E-state index in [1.165, 1.54) is 11.3 Å². The minimum atomic E-state index is -1.68. The highest BCUT2D eigenvalue weighted by atomic mass is 32.1. The molecule has 0 bridgehead atoms. The molecule has 6 heteroatoms. The number of ketones is 1. The van der Waals surface area contributed by atoms with Gasteiger partial charge in [-0.25, -0.2) is 0 Å². The van der Waals surface area contributed by atoms with Crippen LogP contribution in [-0.2, 0) is 24.5 Å². The zero-order chi connectivity index (χ0) is 18.7. The van der Waals surface area contributed by atoms with Gasteiger partial charge in [0, 0.05) is 22.8 Å². The first-order valence-corrected chi connectivity index (χ1v) is 9.45. The molecule has 0 radical (unpaired) electrons. The number of ether oxygens (including phenoxy) is 2. The molecule has 0 saturated carbocycles. The highest BCUT2D eigenvalue weighted by Crippen LogP contribution is 2.50. The highest BCUT2D eigenvalue weighted by molar-refractivity contribution is 7.10. The summed E-state index contributed by atoms with van der Waals surface area (Å²) in [5.74, 6) is -2.08. The van der Waals surface area contributed by atoms with E-state index in [2.05, 4.69) is 0 Å². The molecule has 0 saturated heterocycles. The second kappa shape index (κ2) is 7.41. The van der Waals surface area contributed by atoms with E-state index >= 15 is 0 Å². The number of hydrogen-bond donors (Lipinski definition) is 0. The monoisotopic (exact) mass is 372 g/mol. The fraction of sp³-hybridized carbons (Fsp3) is 0.350. The summed E-state index contributed by atoms with van der Waals surface area (Å²) in [6, 6.07) is 10.4. The molecule has 1 atom stereocenters. The number of carbonyl (C=O) groups is 3. The Hall–Kier alpha value is -2.47. The molecule has 0 N–H and O–H groups in total. The Bertz CT molecular complexity index is 806. The van der Waals surface area contributed by atoms with Crippen molar-refractivity contribution >= 4 is 29.1 Å². The van der Waals surface area contributed by atoms with Crippen LogP contribution >= 0.6 is 11.3 Å². The fourth-order valence-electron chi connectivity index (χ4n) is 3.59. The minimum absolute atomic E-state index is 0.0507. The molecule has 0 fully saturated rings. The first-order chi connectivity index (χ1) is 12.6. The lowest BCUT2D eigenvalue weighted by Gasteiger charge is -2.40. The molecule has 2 aromatic rings. The molecular formula is C20H20O5S. The summed E-state index contributed by atoms with van der Waals surface area (Å²) in [6.45, 7) is 3.65. The van der Waals surface area contributed by atoms with Crippen molar-refractivity contribution in [3.05, 3.63) is 57.8 Å². The predicted molar refractivity (Wildman–Crippen MR) is 97.4 cm³/mol. The Morgan fingerprint density at radius 1 is 1.08 bits per heavy atom. The van der Waals surface area contributed by atoms with Crippen molar-refractivity contribution < 1.29 is 23.9 Å². The molecular weight excluding hydrogens is 352 g/mol. The number of esters is 2. The average Bonchev–Trinajstić information content (AvgIpc) is 3.16. The Balaban J connectivity index is 2.32. The second-order valence-corrected chi connectivity index (χ2v) is 6.97. The minimum Gasteiger partial charge on any atom is -0.465 e. The molecule has 5 nitrogen and oxygen atoms in total. The Kier molecular flexibility index (Phi) is 5.23. The van der Waals surface area contributed by atoms with Gasteiger partial charge in [-0.05, 0) is 30.9 Å². The van der Waals surface area contributed by atoms with E-state index in [1.807, 2.05) is 17.5 Å². The molecule has 1 heterocycles. The van der Waals surface area contributed by atoms with Crippen molar-refractivity contribution in [3.8, 4) is 0 Å². The van der Waals surface area contributed by atoms with Crippen molar-refractivity contribution in [1.82, 2.24) is 0 Å². The summed E-state index contributed by atoms with van der Waals surface area (Å²) in [6.07, 6.45) is 0.0507. The van der Waals surface area contributed by atoms with Gasteiger partial charge in [0.25, 0.3) is 0 Å². The largest absolute Gasteiger partial charge is 0.465 e. The van der Waals surface area contributed by atoms with Gasteiger partial charge in [-0.2, -0.15) is 0 Å². The van der Waals surface area contributed by atoms with Gasteiger partial charge in [0.2, 0.25) is 0 Å². The Morgan fingerprint density at radius 3 is 2.31 bits per heavy atom. The zero-order valence-electron chi connectivity index (χ0n) is 14.7. The van der Waals surface area contributed by atoms with Gasteiger partial charge in [0.1, 0.15) is 0 Å². The van der Waals surface area contributed by atoms with Crippen LogP contribution in [0.15, 0.2) is 41.8 Å². The number of carbonyl (C=O) groups excluding carboxylic acids is 3. The van der Waals surface area contributed by atoms with Crippen LogP contribution in [0.2, 0.25) is 0 Å². The molecule has 26 heavy (non-hydrogen) atoms. The first kappa shape index (κ1) is 18.3. The molecule has 0 spiro atoms. The van der Waals surface area contributed by atoms with Gasteiger partial charge in [-0.15, -0.1) is 11.3 Å². The SMILES string of the molecule is CCOC(=O)C1(C(=O)OCC)c2ccccc2C(=O)CC1c1cccs1. The summed E-state index contributed by atoms with van der Waals surface area (Å²) in [4.78, 5) is 39.9. The van der Waals surface area contributed by atoms with Crippen LogP contribution in [0.1, 0.15) is 47.0 Å². The van der Waals surface area contributed by atoms with Crippen molar-refractivity contribution in [2.75, 3.05) is 13.2 Å². The third-order valence-corrected chi connectivity index (χ3v) is 5.63. The zero-order valence-corrected chi connectivity index (χ0v) is 15.5. The number of thiophene rings is 1. The molecule has 0 amide bonds. The topological polar surface area (TPSA) is 69.7 Å². The van der Waals surface area contributed by atoms with E-state index in [-0.39, 0.29) is 25.4 Å². The highest BCUT2D eigenvalue weighted by Gasteiger charge is 2.60. The summed E-state index contributed by atoms with van der Waals surface area (Å²) in [5, 5.41) is 1.86. The van der Waals surface area contributed by atoms with E-state index < -0.39 is 23.3 Å². The average molecular weight is 372 g/mol. The van der Waals surface area contributed by atoms with Crippen molar-refractivity contribution in [1.29, 1.82) is 0 Å². The second-order valence-electron chi connectivity index (χ2n) is 5.99. The van der Waals surface area contributed by atoms with Crippen LogP contribution in [0, 0.1) is 0 Å². The maximum absolute atomic E-state index is 13.2. The summed E-state index contributed by atoms with van der Waals surface area (Å²) >= 11 is 1.41. The Labute approximate surface area is 155 Å². The van der Waals surface area contributed by atoms with Crippen molar-refractivity contribution in [2.45, 2.75) is 31.6 Å². The van der Waals surface area contributed by atoms with Crippen molar-refractivity contribution in [3.63, 3.8) is 0 Å². The van der Waals surface area contributed by atoms with E-state index in [0.29, 0.717) is 11.1 Å². The number of hydrogen-bond acceptors (Lipinski definition) is 6. The number of Topliss-reactive ketones (excluding diaryl/α,β-unsaturated/α-hetero) is 1. The molecule has 1 unspecified atom stereocenters. The van der Waals surface area contributed by atoms with E-state index in [0.717, 1.165) is 4.88 Å². The molecule has 1 aliphatic rings. The van der Waals surface area contributed by atoms with E-state index in [9.17, 15) is 14.4 Å². The smallest absolute Gasteiger partial charge is 0.328 e. The lowest BCUT2D eigenvalue weighted by molar-refractivity contribution is -0.166. The molecule has 1 aromatic carbocycles. The maximum atomic E-state index is 13.2. The quantitative estimate of drug-likeness (QED) is 0.594. The van der Waals surface area contributed by atoms with E-state index in [4.69, 9.17) is 9.47 Å². The van der Waals surface area contributed by atoms with Gasteiger partial charge in [-0.3, -0.25) is 14.4 Å². The van der Waals surface area contributed by atoms with Crippen LogP contribution in [0.5, 0.6) is 0 Å². The molecule has 1 aromatic heterocycles. The molecule has 136 valence electrons. The number of fused-ring (bicyclic) bond motifs is 1. The maximum Gasteiger partial charge on any atom is 0.328 e. The normalized spacial score (nSPS) is 18.1. The van der Waals surface area contributed by atoms with Gasteiger partial charge in [-0.1, -0.05) is 30.3 Å². The summed E-state index contributed by atoms with van der Waals surface area (Å²) in [7, 11) is 0. The van der Waals surface area contributed by atoms with Crippen LogP contribution in [-0.4, -0.2) is 30.9 Å². The van der Waals surface area contributed by atoms with Crippen LogP contribution in [0.4, 0.5) is 0 Å². The van der Waals surface area contributed by atoms with Gasteiger partial charge < -0.3 is 9.47 Å². The standard InChI is InChI=1S/C20H20O5S/c1-3-24-18(22)20(19(23)25-4-2)14-9-6-5-8-13(14)16(21)12-15(20)17-10-7-11-26-17/h5-11,15H,3-4,12H2,1-2H3. The van der Waals surface area contributed by atoms with Crippen LogP contribution < -0.4 is 0 Å². The van der Waals surface area contributed by atoms with Gasteiger partial charge >= 0.3 is 11.9 Å². The predicted octanol–water partition coefficient (Wildman–Crippen LogP) is 3.48. The van der Waals surface area contributed by atoms with Crippen LogP contribution in [0.3, 0.4) is 0 Å². The van der Waals surface area contributed by atoms with Crippen LogP contribution in [0.25, 0.3) is 0 Å². The number of rotatable bonds is 5. The summed E-state index contributed by atoms with van der Waals surface area (Å²) < 4.78 is 10.7.